The molecule has 0 radical (unpaired) electrons. The van der Waals surface area contributed by atoms with Crippen molar-refractivity contribution in [2.75, 3.05) is 39.1 Å². The number of benzene rings is 2. The van der Waals surface area contributed by atoms with E-state index in [1.54, 1.807) is 37.3 Å². The van der Waals surface area contributed by atoms with Gasteiger partial charge >= 0.3 is 5.97 Å². The van der Waals surface area contributed by atoms with Crippen LogP contribution in [0.4, 0.5) is 5.69 Å². The molecule has 3 aliphatic rings. The normalized spacial score (nSPS) is 25.2. The second kappa shape index (κ2) is 20.6. The van der Waals surface area contributed by atoms with E-state index in [2.05, 4.69) is 20.9 Å². The maximum atomic E-state index is 15.0. The van der Waals surface area contributed by atoms with Crippen LogP contribution in [0.3, 0.4) is 0 Å². The van der Waals surface area contributed by atoms with Crippen LogP contribution < -0.4 is 20.9 Å². The Morgan fingerprint density at radius 3 is 2.17 bits per heavy atom. The second-order valence-corrected chi connectivity index (χ2v) is 16.6. The minimum atomic E-state index is -1.67. The van der Waals surface area contributed by atoms with Crippen molar-refractivity contribution in [2.45, 2.75) is 101 Å². The molecule has 340 valence electrons. The molecule has 4 N–H and O–H groups in total. The van der Waals surface area contributed by atoms with Crippen molar-refractivity contribution in [3.8, 4) is 5.75 Å². The number of piperidine rings is 1. The summed E-state index contributed by atoms with van der Waals surface area (Å²) in [6.07, 6.45) is 0.113. The molecule has 18 heteroatoms. The van der Waals surface area contributed by atoms with Gasteiger partial charge in [0.25, 0.3) is 5.91 Å². The van der Waals surface area contributed by atoms with Crippen molar-refractivity contribution in [1.29, 1.82) is 0 Å². The molecule has 7 unspecified atom stereocenters. The van der Waals surface area contributed by atoms with Gasteiger partial charge in [-0.05, 0) is 61.6 Å². The fourth-order valence-electron chi connectivity index (χ4n) is 8.36. The second-order valence-electron chi connectivity index (χ2n) is 16.6. The number of aromatic hydroxyl groups is 1. The number of ether oxygens (including phenoxy) is 1. The van der Waals surface area contributed by atoms with Gasteiger partial charge in [-0.3, -0.25) is 33.6 Å². The van der Waals surface area contributed by atoms with Crippen LogP contribution in [0.15, 0.2) is 72.9 Å². The van der Waals surface area contributed by atoms with Crippen LogP contribution >= 0.6 is 0 Å². The molecular weight excluding hydrogens is 825 g/mol. The van der Waals surface area contributed by atoms with Crippen LogP contribution in [-0.2, 0) is 51.1 Å². The minimum absolute atomic E-state index is 0.0338. The van der Waals surface area contributed by atoms with Gasteiger partial charge in [0.05, 0.1) is 0 Å². The standard InChI is InChI=1S/C46H56N8O10/c1-6-32-43(60)53-22-11-14-34(53)44(61)52(5)36(25-29-16-18-30(19-17-29)51(3)4)45(62)54-23-20-31(55)26-35(54)40(57)49-33(24-28-12-8-7-9-13-28)46(63)64-27(2)38(41(58)48-32)50-42(59)39-37(56)15-10-21-47-39/h7-10,12-13,15-19,21,27,32-36,38,56H,6,11,14,20,22-26H2,1-5H3,(H,48,58)(H,49,57)(H,50,59). The van der Waals surface area contributed by atoms with E-state index in [4.69, 9.17) is 4.74 Å². The number of esters is 1. The summed E-state index contributed by atoms with van der Waals surface area (Å²) in [7, 11) is 5.26. The summed E-state index contributed by atoms with van der Waals surface area (Å²) in [4.78, 5) is 123. The molecule has 3 saturated heterocycles. The summed E-state index contributed by atoms with van der Waals surface area (Å²) < 4.78 is 5.87. The first-order valence-electron chi connectivity index (χ1n) is 21.5. The fourth-order valence-corrected chi connectivity index (χ4v) is 8.36. The zero-order chi connectivity index (χ0) is 46.2. The van der Waals surface area contributed by atoms with Crippen molar-refractivity contribution >= 4 is 52.9 Å². The Kier molecular flexibility index (Phi) is 15.0. The maximum absolute atomic E-state index is 15.0. The summed E-state index contributed by atoms with van der Waals surface area (Å²) in [6.45, 7) is 3.04. The predicted molar refractivity (Wildman–Crippen MR) is 233 cm³/mol. The van der Waals surface area contributed by atoms with Crippen molar-refractivity contribution in [3.05, 3.63) is 89.7 Å². The molecule has 2 aromatic carbocycles. The number of amides is 6. The SMILES string of the molecule is CCC1NC(=O)C(NC(=O)c2ncccc2O)C(C)OC(=O)C(Cc2ccccc2)NC(=O)C2CC(=O)CCN2C(=O)C(Cc2ccc(N(C)C)cc2)N(C)C(=O)C2CCCN2C1=O. The lowest BCUT2D eigenvalue weighted by molar-refractivity contribution is -0.156. The van der Waals surface area contributed by atoms with Gasteiger partial charge in [0, 0.05) is 71.8 Å². The quantitative estimate of drug-likeness (QED) is 0.234. The average Bonchev–Trinajstić information content (AvgIpc) is 3.78. The molecule has 0 saturated carbocycles. The van der Waals surface area contributed by atoms with E-state index in [0.717, 1.165) is 5.69 Å². The van der Waals surface area contributed by atoms with Gasteiger partial charge in [-0.2, -0.15) is 0 Å². The van der Waals surface area contributed by atoms with Gasteiger partial charge in [0.1, 0.15) is 53.9 Å². The first-order valence-corrected chi connectivity index (χ1v) is 21.5. The summed E-state index contributed by atoms with van der Waals surface area (Å²) in [5.41, 5.74) is 1.81. The number of aromatic nitrogens is 1. The third-order valence-electron chi connectivity index (χ3n) is 12.1. The average molecular weight is 881 g/mol. The monoisotopic (exact) mass is 880 g/mol. The van der Waals surface area contributed by atoms with E-state index in [0.29, 0.717) is 17.5 Å². The fraction of sp³-hybridized carbons (Fsp3) is 0.457. The number of ketones is 1. The van der Waals surface area contributed by atoms with E-state index < -0.39 is 95.2 Å². The molecule has 0 spiro atoms. The van der Waals surface area contributed by atoms with Crippen LogP contribution in [-0.4, -0.2) is 149 Å². The van der Waals surface area contributed by atoms with Gasteiger partial charge in [-0.1, -0.05) is 49.4 Å². The lowest BCUT2D eigenvalue weighted by Crippen LogP contribution is -2.62. The number of Topliss-reactive ketones (excluding diaryl/α,β-unsaturated/α-hetero) is 1. The number of likely N-dealkylation sites (N-methyl/N-ethyl adjacent to an activating group) is 1. The van der Waals surface area contributed by atoms with Crippen molar-refractivity contribution in [1.82, 2.24) is 35.6 Å². The zero-order valence-corrected chi connectivity index (χ0v) is 36.7. The number of carbonyl (C=O) groups is 8. The molecule has 1 aromatic heterocycles. The first kappa shape index (κ1) is 46.6. The number of anilines is 1. The van der Waals surface area contributed by atoms with Crippen LogP contribution in [0, 0.1) is 0 Å². The van der Waals surface area contributed by atoms with Crippen molar-refractivity contribution < 1.29 is 48.2 Å². The Balaban J connectivity index is 1.43. The third-order valence-corrected chi connectivity index (χ3v) is 12.1. The van der Waals surface area contributed by atoms with Gasteiger partial charge in [0.2, 0.25) is 29.5 Å². The molecule has 18 nitrogen and oxygen atoms in total. The number of cyclic esters (lactones) is 1. The van der Waals surface area contributed by atoms with E-state index in [-0.39, 0.29) is 57.4 Å². The van der Waals surface area contributed by atoms with Gasteiger partial charge in [-0.25, -0.2) is 9.78 Å². The third kappa shape index (κ3) is 10.7. The van der Waals surface area contributed by atoms with E-state index in [1.807, 2.05) is 43.3 Å². The Morgan fingerprint density at radius 1 is 0.828 bits per heavy atom. The highest BCUT2D eigenvalue weighted by Gasteiger charge is 2.45. The minimum Gasteiger partial charge on any atom is -0.505 e. The number of hydrogen-bond donors (Lipinski definition) is 4. The summed E-state index contributed by atoms with van der Waals surface area (Å²) in [6, 6.07) is 10.9. The number of nitrogens with zero attached hydrogens (tertiary/aromatic N) is 5. The van der Waals surface area contributed by atoms with Crippen LogP contribution in [0.5, 0.6) is 5.75 Å². The highest BCUT2D eigenvalue weighted by atomic mass is 16.5. The van der Waals surface area contributed by atoms with E-state index in [1.165, 1.54) is 47.0 Å². The molecule has 0 bridgehead atoms. The maximum Gasteiger partial charge on any atom is 0.329 e. The van der Waals surface area contributed by atoms with E-state index >= 15 is 0 Å². The van der Waals surface area contributed by atoms with Crippen LogP contribution in [0.2, 0.25) is 0 Å². The van der Waals surface area contributed by atoms with Crippen LogP contribution in [0.25, 0.3) is 0 Å². The Bertz CT molecular complexity index is 2240. The van der Waals surface area contributed by atoms with Gasteiger partial charge < -0.3 is 45.4 Å². The number of hydrogen-bond acceptors (Lipinski definition) is 12. The molecule has 3 fully saturated rings. The Hall–Kier alpha value is -6.85. The zero-order valence-electron chi connectivity index (χ0n) is 36.7. The molecule has 64 heavy (non-hydrogen) atoms. The molecule has 6 amide bonds. The largest absolute Gasteiger partial charge is 0.505 e. The number of carbonyl (C=O) groups excluding carboxylic acids is 8. The lowest BCUT2D eigenvalue weighted by Gasteiger charge is -2.40. The predicted octanol–water partition coefficient (Wildman–Crippen LogP) is 1.14. The molecular formula is C46H56N8O10. The van der Waals surface area contributed by atoms with Gasteiger partial charge in [0.15, 0.2) is 5.69 Å². The van der Waals surface area contributed by atoms with Crippen molar-refractivity contribution in [3.63, 3.8) is 0 Å². The lowest BCUT2D eigenvalue weighted by atomic mass is 9.95. The first-order chi connectivity index (χ1) is 30.6. The molecule has 7 atom stereocenters. The molecule has 3 aliphatic heterocycles. The van der Waals surface area contributed by atoms with E-state index in [9.17, 15) is 43.5 Å². The number of fused-ring (bicyclic) bond motifs is 2. The molecule has 0 aliphatic carbocycles. The number of nitrogens with one attached hydrogen (secondary N) is 3. The highest BCUT2D eigenvalue weighted by molar-refractivity contribution is 6.01. The number of pyridine rings is 1. The molecule has 4 heterocycles. The number of rotatable bonds is 8. The highest BCUT2D eigenvalue weighted by Crippen LogP contribution is 2.26. The van der Waals surface area contributed by atoms with Crippen molar-refractivity contribution in [2.24, 2.45) is 0 Å². The topological polar surface area (TPSA) is 228 Å². The summed E-state index contributed by atoms with van der Waals surface area (Å²) in [5.74, 6) is -6.22. The Labute approximate surface area is 371 Å². The molecule has 3 aromatic rings. The Morgan fingerprint density at radius 2 is 1.50 bits per heavy atom. The summed E-state index contributed by atoms with van der Waals surface area (Å²) in [5, 5.41) is 18.3. The van der Waals surface area contributed by atoms with Crippen LogP contribution in [0.1, 0.15) is 67.6 Å². The smallest absolute Gasteiger partial charge is 0.329 e. The molecule has 6 rings (SSSR count). The van der Waals surface area contributed by atoms with Gasteiger partial charge in [-0.15, -0.1) is 0 Å². The summed E-state index contributed by atoms with van der Waals surface area (Å²) >= 11 is 0.